The quantitative estimate of drug-likeness (QED) is 0.207. The first-order valence-electron chi connectivity index (χ1n) is 13.1. The highest BCUT2D eigenvalue weighted by Gasteiger charge is 2.47. The minimum absolute atomic E-state index is 0.0385. The first-order valence-corrected chi connectivity index (χ1v) is 13.1. The van der Waals surface area contributed by atoms with Gasteiger partial charge in [-0.2, -0.15) is 0 Å². The topological polar surface area (TPSA) is 142 Å². The van der Waals surface area contributed by atoms with E-state index >= 15 is 0 Å². The van der Waals surface area contributed by atoms with Gasteiger partial charge in [0, 0.05) is 12.5 Å². The molecule has 11 nitrogen and oxygen atoms in total. The maximum absolute atomic E-state index is 13.4. The summed E-state index contributed by atoms with van der Waals surface area (Å²) in [7, 11) is 0. The van der Waals surface area contributed by atoms with E-state index in [0.717, 1.165) is 10.5 Å². The van der Waals surface area contributed by atoms with Gasteiger partial charge in [0.05, 0.1) is 12.6 Å². The maximum Gasteiger partial charge on any atom is 0.327 e. The fraction of sp³-hybridized carbons (Fsp3) is 0.500. The molecule has 1 aromatic carbocycles. The minimum atomic E-state index is -1.20. The molecule has 1 fully saturated rings. The fourth-order valence-electron chi connectivity index (χ4n) is 3.97. The number of benzene rings is 1. The molecular weight excluding hydrogens is 504 g/mol. The lowest BCUT2D eigenvalue weighted by atomic mass is 9.96. The summed E-state index contributed by atoms with van der Waals surface area (Å²) in [6, 6.07) is 6.20. The van der Waals surface area contributed by atoms with Gasteiger partial charge < -0.3 is 20.3 Å². The lowest BCUT2D eigenvalue weighted by molar-refractivity contribution is -0.145. The lowest BCUT2D eigenvalue weighted by Gasteiger charge is -2.26. The van der Waals surface area contributed by atoms with Crippen LogP contribution in [0, 0.1) is 11.8 Å². The molecule has 3 unspecified atom stereocenters. The number of ether oxygens (including phenoxy) is 1. The number of Topliss-reactive ketones (excluding diaryl/α,β-unsaturated/α-hetero) is 1. The van der Waals surface area contributed by atoms with Crippen LogP contribution in [0.5, 0.6) is 0 Å². The molecule has 0 bridgehead atoms. The summed E-state index contributed by atoms with van der Waals surface area (Å²) >= 11 is 0. The molecular formula is C28H38N4O7. The Morgan fingerprint density at radius 2 is 1.79 bits per heavy atom. The molecule has 1 saturated heterocycles. The van der Waals surface area contributed by atoms with E-state index < -0.39 is 60.1 Å². The lowest BCUT2D eigenvalue weighted by Crippen LogP contribution is -2.55. The Bertz CT molecular complexity index is 1070. The molecule has 3 atom stereocenters. The third-order valence-corrected chi connectivity index (χ3v) is 6.52. The first kappa shape index (κ1) is 31.2. The van der Waals surface area contributed by atoms with Crippen molar-refractivity contribution < 1.29 is 33.5 Å². The molecule has 0 spiro atoms. The number of rotatable bonds is 14. The van der Waals surface area contributed by atoms with Crippen LogP contribution in [0.2, 0.25) is 0 Å². The second kappa shape index (κ2) is 14.8. The van der Waals surface area contributed by atoms with Crippen LogP contribution in [0.3, 0.4) is 0 Å². The van der Waals surface area contributed by atoms with Crippen LogP contribution in [0.15, 0.2) is 43.0 Å². The maximum atomic E-state index is 13.4. The molecule has 39 heavy (non-hydrogen) atoms. The van der Waals surface area contributed by atoms with Gasteiger partial charge in [0.1, 0.15) is 19.2 Å². The van der Waals surface area contributed by atoms with E-state index in [1.165, 1.54) is 11.0 Å². The highest BCUT2D eigenvalue weighted by atomic mass is 16.5. The Morgan fingerprint density at radius 1 is 1.13 bits per heavy atom. The van der Waals surface area contributed by atoms with Gasteiger partial charge in [-0.05, 0) is 17.9 Å². The normalized spacial score (nSPS) is 16.4. The van der Waals surface area contributed by atoms with Crippen LogP contribution in [0.25, 0.3) is 0 Å². The van der Waals surface area contributed by atoms with Gasteiger partial charge in [-0.1, -0.05) is 77.1 Å². The van der Waals surface area contributed by atoms with E-state index in [2.05, 4.69) is 17.2 Å². The van der Waals surface area contributed by atoms with E-state index in [-0.39, 0.29) is 32.0 Å². The smallest absolute Gasteiger partial charge is 0.327 e. The Balaban J connectivity index is 2.21. The molecule has 1 aliphatic heterocycles. The second-order valence-electron chi connectivity index (χ2n) is 9.77. The second-order valence-corrected chi connectivity index (χ2v) is 9.77. The van der Waals surface area contributed by atoms with Crippen LogP contribution in [0.1, 0.15) is 46.1 Å². The number of hydrogen-bond donors (Lipinski definition) is 2. The SMILES string of the molecule is C=CCOC(=O)CNC(=O)C(=O)C(CCC)NC(=O)C1CN(Cc2ccccc2)C(=O)N1C(=O)C(C)C(C)C. The molecule has 0 aromatic heterocycles. The van der Waals surface area contributed by atoms with Gasteiger partial charge in [-0.3, -0.25) is 24.0 Å². The highest BCUT2D eigenvalue weighted by molar-refractivity contribution is 6.38. The molecule has 1 aromatic rings. The van der Waals surface area contributed by atoms with E-state index in [0.29, 0.717) is 6.42 Å². The number of nitrogens with zero attached hydrogens (tertiary/aromatic N) is 2. The first-order chi connectivity index (χ1) is 18.5. The summed E-state index contributed by atoms with van der Waals surface area (Å²) in [5.41, 5.74) is 0.832. The van der Waals surface area contributed by atoms with Gasteiger partial charge in [0.15, 0.2) is 0 Å². The van der Waals surface area contributed by atoms with Crippen molar-refractivity contribution in [3.05, 3.63) is 48.6 Å². The number of esters is 1. The molecule has 0 radical (unpaired) electrons. The molecule has 5 amide bonds. The van der Waals surface area contributed by atoms with Gasteiger partial charge in [-0.15, -0.1) is 0 Å². The van der Waals surface area contributed by atoms with Crippen molar-refractivity contribution in [3.63, 3.8) is 0 Å². The van der Waals surface area contributed by atoms with Crippen LogP contribution < -0.4 is 10.6 Å². The van der Waals surface area contributed by atoms with Gasteiger partial charge in [0.25, 0.3) is 5.91 Å². The van der Waals surface area contributed by atoms with Crippen molar-refractivity contribution in [2.45, 2.75) is 59.2 Å². The summed E-state index contributed by atoms with van der Waals surface area (Å²) in [5, 5.41) is 4.76. The van der Waals surface area contributed by atoms with Crippen molar-refractivity contribution >= 4 is 35.5 Å². The molecule has 1 aliphatic rings. The zero-order chi connectivity index (χ0) is 29.1. The van der Waals surface area contributed by atoms with Crippen molar-refractivity contribution in [3.8, 4) is 0 Å². The molecule has 1 heterocycles. The highest BCUT2D eigenvalue weighted by Crippen LogP contribution is 2.24. The van der Waals surface area contributed by atoms with E-state index in [9.17, 15) is 28.8 Å². The van der Waals surface area contributed by atoms with Crippen LogP contribution in [-0.4, -0.2) is 77.1 Å². The van der Waals surface area contributed by atoms with E-state index in [4.69, 9.17) is 4.74 Å². The number of imide groups is 1. The van der Waals surface area contributed by atoms with Crippen LogP contribution in [0.4, 0.5) is 4.79 Å². The van der Waals surface area contributed by atoms with Crippen LogP contribution in [-0.2, 0) is 35.3 Å². The summed E-state index contributed by atoms with van der Waals surface area (Å²) in [6.45, 7) is 10.2. The van der Waals surface area contributed by atoms with E-state index in [1.54, 1.807) is 13.8 Å². The third kappa shape index (κ3) is 8.49. The zero-order valence-electron chi connectivity index (χ0n) is 23.0. The molecule has 0 saturated carbocycles. The average Bonchev–Trinajstić information content (AvgIpc) is 3.24. The van der Waals surface area contributed by atoms with Crippen molar-refractivity contribution in [2.75, 3.05) is 19.7 Å². The number of nitrogens with one attached hydrogen (secondary N) is 2. The summed E-state index contributed by atoms with van der Waals surface area (Å²) < 4.78 is 4.77. The standard InChI is InChI=1S/C28H38N4O7/c1-6-11-21(24(34)26(36)29-15-23(33)39-14-7-2)30-25(35)22-17-31(16-20-12-9-8-10-13-20)28(38)32(22)27(37)19(5)18(3)4/h7-10,12-13,18-19,21-22H,2,6,11,14-17H2,1,3-5H3,(H,29,36)(H,30,35). The van der Waals surface area contributed by atoms with Gasteiger partial charge in [0.2, 0.25) is 17.6 Å². The summed E-state index contributed by atoms with van der Waals surface area (Å²) in [6.07, 6.45) is 1.97. The Labute approximate surface area is 228 Å². The number of urea groups is 1. The Morgan fingerprint density at radius 3 is 2.38 bits per heavy atom. The Kier molecular flexibility index (Phi) is 11.8. The number of hydrogen-bond acceptors (Lipinski definition) is 7. The molecule has 212 valence electrons. The monoisotopic (exact) mass is 542 g/mol. The van der Waals surface area contributed by atoms with Crippen molar-refractivity contribution in [1.29, 1.82) is 0 Å². The fourth-order valence-corrected chi connectivity index (χ4v) is 3.97. The molecule has 2 rings (SSSR count). The summed E-state index contributed by atoms with van der Waals surface area (Å²) in [5.74, 6) is -4.55. The Hall–Kier alpha value is -4.02. The minimum Gasteiger partial charge on any atom is -0.460 e. The number of ketones is 1. The van der Waals surface area contributed by atoms with Crippen molar-refractivity contribution in [1.82, 2.24) is 20.4 Å². The predicted octanol–water partition coefficient (Wildman–Crippen LogP) is 1.81. The zero-order valence-corrected chi connectivity index (χ0v) is 23.0. The number of carbonyl (C=O) groups is 6. The van der Waals surface area contributed by atoms with Gasteiger partial charge in [-0.25, -0.2) is 9.69 Å². The van der Waals surface area contributed by atoms with Gasteiger partial charge >= 0.3 is 12.0 Å². The average molecular weight is 543 g/mol. The largest absolute Gasteiger partial charge is 0.460 e. The predicted molar refractivity (Wildman–Crippen MR) is 143 cm³/mol. The number of amides is 5. The number of carbonyl (C=O) groups excluding carboxylic acids is 6. The third-order valence-electron chi connectivity index (χ3n) is 6.52. The molecule has 2 N–H and O–H groups in total. The van der Waals surface area contributed by atoms with Crippen molar-refractivity contribution in [2.24, 2.45) is 11.8 Å². The molecule has 11 heteroatoms. The summed E-state index contributed by atoms with van der Waals surface area (Å²) in [4.78, 5) is 79.4. The van der Waals surface area contributed by atoms with E-state index in [1.807, 2.05) is 44.2 Å². The van der Waals surface area contributed by atoms with Crippen LogP contribution >= 0.6 is 0 Å². The molecule has 0 aliphatic carbocycles.